The van der Waals surface area contributed by atoms with E-state index in [-0.39, 0.29) is 0 Å². The Labute approximate surface area is 257 Å². The topological polar surface area (TPSA) is 25.8 Å². The van der Waals surface area contributed by atoms with Gasteiger partial charge in [0.25, 0.3) is 0 Å². The van der Waals surface area contributed by atoms with Gasteiger partial charge in [-0.15, -0.1) is 0 Å². The summed E-state index contributed by atoms with van der Waals surface area (Å²) in [5.41, 5.74) is 9.66. The zero-order valence-corrected chi connectivity index (χ0v) is 24.1. The van der Waals surface area contributed by atoms with Crippen LogP contribution in [-0.4, -0.2) is 9.97 Å². The fourth-order valence-corrected chi connectivity index (χ4v) is 5.99. The lowest BCUT2D eigenvalue weighted by atomic mass is 9.96. The number of hydrogen-bond acceptors (Lipinski definition) is 2. The smallest absolute Gasteiger partial charge is 0.160 e. The highest BCUT2D eigenvalue weighted by atomic mass is 14.9. The zero-order valence-electron chi connectivity index (χ0n) is 24.1. The number of benzene rings is 7. The third kappa shape index (κ3) is 4.93. The first kappa shape index (κ1) is 25.8. The van der Waals surface area contributed by atoms with E-state index in [2.05, 4.69) is 164 Å². The molecule has 0 aliphatic rings. The minimum absolute atomic E-state index is 0.714. The van der Waals surface area contributed by atoms with Gasteiger partial charge >= 0.3 is 0 Å². The van der Waals surface area contributed by atoms with Gasteiger partial charge in [0.15, 0.2) is 5.82 Å². The maximum atomic E-state index is 5.16. The van der Waals surface area contributed by atoms with Crippen molar-refractivity contribution in [1.29, 1.82) is 0 Å². The molecule has 0 radical (unpaired) electrons. The van der Waals surface area contributed by atoms with Crippen molar-refractivity contribution in [3.63, 3.8) is 0 Å². The van der Waals surface area contributed by atoms with Crippen molar-refractivity contribution < 1.29 is 0 Å². The summed E-state index contributed by atoms with van der Waals surface area (Å²) < 4.78 is 0. The second-order valence-corrected chi connectivity index (χ2v) is 11.1. The Morgan fingerprint density at radius 2 is 0.864 bits per heavy atom. The van der Waals surface area contributed by atoms with E-state index in [9.17, 15) is 0 Å². The Balaban J connectivity index is 1.27. The molecule has 44 heavy (non-hydrogen) atoms. The van der Waals surface area contributed by atoms with Crippen molar-refractivity contribution in [3.8, 4) is 56.2 Å². The van der Waals surface area contributed by atoms with Gasteiger partial charge in [-0.2, -0.15) is 0 Å². The minimum Gasteiger partial charge on any atom is -0.228 e. The Bertz CT molecular complexity index is 2260. The molecule has 0 fully saturated rings. The quantitative estimate of drug-likeness (QED) is 0.209. The molecule has 2 nitrogen and oxygen atoms in total. The second kappa shape index (κ2) is 11.1. The van der Waals surface area contributed by atoms with E-state index >= 15 is 0 Å². The Morgan fingerprint density at radius 1 is 0.295 bits per heavy atom. The third-order valence-corrected chi connectivity index (χ3v) is 8.28. The summed E-state index contributed by atoms with van der Waals surface area (Å²) in [6.45, 7) is 0. The van der Waals surface area contributed by atoms with Gasteiger partial charge in [-0.3, -0.25) is 0 Å². The average molecular weight is 561 g/mol. The number of hydrogen-bond donors (Lipinski definition) is 0. The molecule has 1 heterocycles. The largest absolute Gasteiger partial charge is 0.228 e. The standard InChI is InChI=1S/C42H28N2/c1-2-10-29(11-3-1)31-20-23-33(24-21-31)40-28-41(44-42(43-40)37-25-22-30-12-4-5-14-34(30)26-37)36-17-8-16-35(27-36)39-19-9-15-32-13-6-7-18-38(32)39/h1-28H. The Kier molecular flexibility index (Phi) is 6.51. The van der Waals surface area contributed by atoms with Crippen LogP contribution in [-0.2, 0) is 0 Å². The summed E-state index contributed by atoms with van der Waals surface area (Å²) in [5.74, 6) is 0.714. The molecule has 0 N–H and O–H groups in total. The molecule has 206 valence electrons. The van der Waals surface area contributed by atoms with E-state index in [1.165, 1.54) is 43.8 Å². The average Bonchev–Trinajstić information content (AvgIpc) is 3.11. The molecule has 0 atom stereocenters. The number of nitrogens with zero attached hydrogens (tertiary/aromatic N) is 2. The molecule has 0 aliphatic heterocycles. The van der Waals surface area contributed by atoms with Gasteiger partial charge in [-0.25, -0.2) is 9.97 Å². The minimum atomic E-state index is 0.714. The van der Waals surface area contributed by atoms with Gasteiger partial charge in [0.05, 0.1) is 11.4 Å². The first-order valence-corrected chi connectivity index (χ1v) is 14.9. The molecule has 2 heteroatoms. The van der Waals surface area contributed by atoms with Crippen molar-refractivity contribution in [3.05, 3.63) is 170 Å². The summed E-state index contributed by atoms with van der Waals surface area (Å²) >= 11 is 0. The van der Waals surface area contributed by atoms with Gasteiger partial charge in [0, 0.05) is 16.7 Å². The van der Waals surface area contributed by atoms with Crippen molar-refractivity contribution in [2.45, 2.75) is 0 Å². The Hall–Kier alpha value is -5.86. The normalized spacial score (nSPS) is 11.2. The summed E-state index contributed by atoms with van der Waals surface area (Å²) in [4.78, 5) is 10.3. The highest BCUT2D eigenvalue weighted by Crippen LogP contribution is 2.34. The van der Waals surface area contributed by atoms with Gasteiger partial charge < -0.3 is 0 Å². The molecular formula is C42H28N2. The van der Waals surface area contributed by atoms with E-state index in [1.807, 2.05) is 6.07 Å². The van der Waals surface area contributed by atoms with E-state index in [4.69, 9.17) is 9.97 Å². The van der Waals surface area contributed by atoms with Crippen molar-refractivity contribution >= 4 is 21.5 Å². The predicted molar refractivity (Wildman–Crippen MR) is 184 cm³/mol. The van der Waals surface area contributed by atoms with E-state index in [0.717, 1.165) is 28.1 Å². The molecule has 0 bridgehead atoms. The van der Waals surface area contributed by atoms with Crippen molar-refractivity contribution in [1.82, 2.24) is 9.97 Å². The molecule has 0 saturated heterocycles. The van der Waals surface area contributed by atoms with Crippen LogP contribution in [0.2, 0.25) is 0 Å². The predicted octanol–water partition coefficient (Wildman–Crippen LogP) is 11.1. The number of rotatable bonds is 5. The molecule has 8 aromatic rings. The van der Waals surface area contributed by atoms with Crippen LogP contribution in [0.15, 0.2) is 170 Å². The maximum absolute atomic E-state index is 5.16. The fraction of sp³-hybridized carbons (Fsp3) is 0. The lowest BCUT2D eigenvalue weighted by Gasteiger charge is -2.12. The van der Waals surface area contributed by atoms with Gasteiger partial charge in [-0.05, 0) is 62.0 Å². The highest BCUT2D eigenvalue weighted by molar-refractivity contribution is 5.97. The van der Waals surface area contributed by atoms with E-state index < -0.39 is 0 Å². The first-order valence-electron chi connectivity index (χ1n) is 14.9. The van der Waals surface area contributed by atoms with E-state index in [0.29, 0.717) is 5.82 Å². The number of aromatic nitrogens is 2. The third-order valence-electron chi connectivity index (χ3n) is 8.28. The highest BCUT2D eigenvalue weighted by Gasteiger charge is 2.13. The van der Waals surface area contributed by atoms with Crippen LogP contribution in [0, 0.1) is 0 Å². The summed E-state index contributed by atoms with van der Waals surface area (Å²) in [5, 5.41) is 4.85. The van der Waals surface area contributed by atoms with Gasteiger partial charge in [0.2, 0.25) is 0 Å². The van der Waals surface area contributed by atoms with Crippen LogP contribution in [0.5, 0.6) is 0 Å². The van der Waals surface area contributed by atoms with Gasteiger partial charge in [-0.1, -0.05) is 152 Å². The lowest BCUT2D eigenvalue weighted by molar-refractivity contribution is 1.18. The molecule has 1 aromatic heterocycles. The summed E-state index contributed by atoms with van der Waals surface area (Å²) in [6, 6.07) is 59.8. The SMILES string of the molecule is c1ccc(-c2ccc(-c3cc(-c4cccc(-c5cccc6ccccc56)c4)nc(-c4ccc5ccccc5c4)n3)cc2)cc1. The van der Waals surface area contributed by atoms with Crippen LogP contribution < -0.4 is 0 Å². The second-order valence-electron chi connectivity index (χ2n) is 11.1. The molecule has 7 aromatic carbocycles. The first-order chi connectivity index (χ1) is 21.8. The summed E-state index contributed by atoms with van der Waals surface area (Å²) in [7, 11) is 0. The molecule has 0 amide bonds. The van der Waals surface area contributed by atoms with E-state index in [1.54, 1.807) is 0 Å². The molecule has 0 spiro atoms. The zero-order chi connectivity index (χ0) is 29.3. The fourth-order valence-electron chi connectivity index (χ4n) is 5.99. The lowest BCUT2D eigenvalue weighted by Crippen LogP contribution is -1.96. The van der Waals surface area contributed by atoms with Crippen LogP contribution in [0.4, 0.5) is 0 Å². The molecule has 0 saturated carbocycles. The number of fused-ring (bicyclic) bond motifs is 2. The Morgan fingerprint density at radius 3 is 1.70 bits per heavy atom. The van der Waals surface area contributed by atoms with Crippen molar-refractivity contribution in [2.24, 2.45) is 0 Å². The van der Waals surface area contributed by atoms with Crippen LogP contribution in [0.3, 0.4) is 0 Å². The van der Waals surface area contributed by atoms with Gasteiger partial charge in [0.1, 0.15) is 0 Å². The molecular weight excluding hydrogens is 532 g/mol. The van der Waals surface area contributed by atoms with Crippen LogP contribution in [0.25, 0.3) is 77.7 Å². The maximum Gasteiger partial charge on any atom is 0.160 e. The molecule has 8 rings (SSSR count). The molecule has 0 aliphatic carbocycles. The monoisotopic (exact) mass is 560 g/mol. The summed E-state index contributed by atoms with van der Waals surface area (Å²) in [6.07, 6.45) is 0. The van der Waals surface area contributed by atoms with Crippen molar-refractivity contribution in [2.75, 3.05) is 0 Å². The molecule has 0 unspecified atom stereocenters. The van der Waals surface area contributed by atoms with Crippen LogP contribution >= 0.6 is 0 Å². The van der Waals surface area contributed by atoms with Crippen LogP contribution in [0.1, 0.15) is 0 Å².